The van der Waals surface area contributed by atoms with Gasteiger partial charge < -0.3 is 20.1 Å². The molecule has 37 heavy (non-hydrogen) atoms. The number of hydrogen-bond donors (Lipinski definition) is 4. The molecular formula is C26H22N6O5. The summed E-state index contributed by atoms with van der Waals surface area (Å²) in [4.78, 5) is 35.1. The van der Waals surface area contributed by atoms with E-state index in [0.29, 0.717) is 17.9 Å². The molecule has 0 aliphatic carbocycles. The molecule has 3 aromatic carbocycles. The van der Waals surface area contributed by atoms with Gasteiger partial charge in [-0.15, -0.1) is 10.2 Å². The molecule has 0 unspecified atom stereocenters. The smallest absolute Gasteiger partial charge is 0.326 e. The molecule has 0 spiro atoms. The highest BCUT2D eigenvalue weighted by atomic mass is 16.4. The van der Waals surface area contributed by atoms with Crippen LogP contribution in [0.15, 0.2) is 66.7 Å². The lowest BCUT2D eigenvalue weighted by molar-refractivity contribution is -0.140. The molecule has 5 aromatic rings. The zero-order valence-corrected chi connectivity index (χ0v) is 19.5. The summed E-state index contributed by atoms with van der Waals surface area (Å²) in [5.74, 6) is -2.48. The number of carboxylic acid groups (broad SMARTS) is 2. The van der Waals surface area contributed by atoms with Crippen molar-refractivity contribution in [2.75, 3.05) is 0 Å². The highest BCUT2D eigenvalue weighted by Gasteiger charge is 2.22. The van der Waals surface area contributed by atoms with Crippen LogP contribution in [0.25, 0.3) is 33.2 Å². The van der Waals surface area contributed by atoms with E-state index in [1.807, 2.05) is 48.5 Å². The van der Waals surface area contributed by atoms with Crippen molar-refractivity contribution in [3.05, 3.63) is 77.9 Å². The predicted octanol–water partition coefficient (Wildman–Crippen LogP) is 3.07. The third-order valence-electron chi connectivity index (χ3n) is 6.16. The molecule has 0 bridgehead atoms. The lowest BCUT2D eigenvalue weighted by atomic mass is 10.1. The Morgan fingerprint density at radius 2 is 1.76 bits per heavy atom. The lowest BCUT2D eigenvalue weighted by Gasteiger charge is -2.14. The van der Waals surface area contributed by atoms with E-state index in [2.05, 4.69) is 30.5 Å². The van der Waals surface area contributed by atoms with Crippen molar-refractivity contribution in [1.29, 1.82) is 0 Å². The second kappa shape index (κ2) is 9.90. The zero-order chi connectivity index (χ0) is 25.9. The minimum atomic E-state index is -1.29. The van der Waals surface area contributed by atoms with Crippen LogP contribution in [0, 0.1) is 0 Å². The van der Waals surface area contributed by atoms with Gasteiger partial charge in [0.1, 0.15) is 6.04 Å². The van der Waals surface area contributed by atoms with Gasteiger partial charge in [-0.05, 0) is 53.6 Å². The van der Waals surface area contributed by atoms with E-state index in [9.17, 15) is 19.5 Å². The van der Waals surface area contributed by atoms with Gasteiger partial charge in [0, 0.05) is 45.9 Å². The molecule has 0 aliphatic rings. The van der Waals surface area contributed by atoms with Crippen LogP contribution in [0.3, 0.4) is 0 Å². The van der Waals surface area contributed by atoms with Crippen LogP contribution in [0.2, 0.25) is 0 Å². The van der Waals surface area contributed by atoms with E-state index in [1.165, 1.54) is 0 Å². The number of fused-ring (bicyclic) bond motifs is 3. The van der Waals surface area contributed by atoms with Crippen LogP contribution in [0.5, 0.6) is 0 Å². The van der Waals surface area contributed by atoms with Crippen LogP contribution in [-0.4, -0.2) is 59.3 Å². The van der Waals surface area contributed by atoms with Crippen molar-refractivity contribution in [2.24, 2.45) is 0 Å². The van der Waals surface area contributed by atoms with Crippen LogP contribution < -0.4 is 5.32 Å². The van der Waals surface area contributed by atoms with E-state index < -0.39 is 23.9 Å². The van der Waals surface area contributed by atoms with E-state index in [-0.39, 0.29) is 12.8 Å². The summed E-state index contributed by atoms with van der Waals surface area (Å²) in [6, 6.07) is 19.6. The second-order valence-corrected chi connectivity index (χ2v) is 8.57. The molecule has 2 heterocycles. The van der Waals surface area contributed by atoms with Crippen molar-refractivity contribution in [1.82, 2.24) is 30.5 Å². The van der Waals surface area contributed by atoms with Gasteiger partial charge in [-0.2, -0.15) is 5.21 Å². The molecular weight excluding hydrogens is 476 g/mol. The van der Waals surface area contributed by atoms with E-state index in [4.69, 9.17) is 5.11 Å². The topological polar surface area (TPSA) is 163 Å². The van der Waals surface area contributed by atoms with E-state index in [0.717, 1.165) is 32.9 Å². The molecule has 11 nitrogen and oxygen atoms in total. The van der Waals surface area contributed by atoms with Gasteiger partial charge in [0.2, 0.25) is 5.82 Å². The number of aromatic amines is 1. The SMILES string of the molecule is O=C(O)CC[C@H](NC(=O)c1cccc(Cn2c3ccccc3c3cc(-c4nn[nH]n4)ccc32)c1)C(=O)O. The van der Waals surface area contributed by atoms with Gasteiger partial charge in [0.25, 0.3) is 5.91 Å². The number of aromatic nitrogens is 5. The quantitative estimate of drug-likeness (QED) is 0.241. The van der Waals surface area contributed by atoms with Gasteiger partial charge in [-0.3, -0.25) is 9.59 Å². The lowest BCUT2D eigenvalue weighted by Crippen LogP contribution is -2.41. The summed E-state index contributed by atoms with van der Waals surface area (Å²) in [6.07, 6.45) is -0.567. The fourth-order valence-corrected chi connectivity index (χ4v) is 4.41. The first-order valence-corrected chi connectivity index (χ1v) is 11.5. The Labute approximate surface area is 209 Å². The highest BCUT2D eigenvalue weighted by molar-refractivity contribution is 6.09. The first-order chi connectivity index (χ1) is 17.9. The molecule has 1 amide bonds. The maximum atomic E-state index is 12.8. The van der Waals surface area contributed by atoms with Crippen molar-refractivity contribution in [2.45, 2.75) is 25.4 Å². The first kappa shape index (κ1) is 23.7. The number of H-pyrrole nitrogens is 1. The number of amides is 1. The summed E-state index contributed by atoms with van der Waals surface area (Å²) >= 11 is 0. The number of tetrazole rings is 1. The largest absolute Gasteiger partial charge is 0.481 e. The number of benzene rings is 3. The highest BCUT2D eigenvalue weighted by Crippen LogP contribution is 2.32. The number of carboxylic acids is 2. The zero-order valence-electron chi connectivity index (χ0n) is 19.5. The Morgan fingerprint density at radius 1 is 0.946 bits per heavy atom. The van der Waals surface area contributed by atoms with Crippen LogP contribution in [0.4, 0.5) is 0 Å². The number of carbonyl (C=O) groups excluding carboxylic acids is 1. The summed E-state index contributed by atoms with van der Waals surface area (Å²) in [7, 11) is 0. The molecule has 1 atom stereocenters. The third kappa shape index (κ3) is 4.87. The van der Waals surface area contributed by atoms with Crippen molar-refractivity contribution in [3.8, 4) is 11.4 Å². The maximum Gasteiger partial charge on any atom is 0.326 e. The summed E-state index contributed by atoms with van der Waals surface area (Å²) in [5, 5.41) is 37.0. The maximum absolute atomic E-state index is 12.8. The summed E-state index contributed by atoms with van der Waals surface area (Å²) < 4.78 is 2.15. The fraction of sp³-hybridized carbons (Fsp3) is 0.154. The van der Waals surface area contributed by atoms with Gasteiger partial charge in [-0.25, -0.2) is 4.79 Å². The molecule has 0 aliphatic heterocycles. The molecule has 0 radical (unpaired) electrons. The molecule has 186 valence electrons. The monoisotopic (exact) mass is 498 g/mol. The van der Waals surface area contributed by atoms with Crippen LogP contribution >= 0.6 is 0 Å². The van der Waals surface area contributed by atoms with Crippen LogP contribution in [-0.2, 0) is 16.1 Å². The van der Waals surface area contributed by atoms with Gasteiger partial charge in [0.05, 0.1) is 0 Å². The van der Waals surface area contributed by atoms with E-state index >= 15 is 0 Å². The van der Waals surface area contributed by atoms with Crippen molar-refractivity contribution >= 4 is 39.7 Å². The fourth-order valence-electron chi connectivity index (χ4n) is 4.41. The number of nitrogens with zero attached hydrogens (tertiary/aromatic N) is 4. The Balaban J connectivity index is 1.45. The summed E-state index contributed by atoms with van der Waals surface area (Å²) in [6.45, 7) is 0.466. The second-order valence-electron chi connectivity index (χ2n) is 8.57. The molecule has 0 fully saturated rings. The van der Waals surface area contributed by atoms with Gasteiger partial charge in [0.15, 0.2) is 0 Å². The molecule has 11 heteroatoms. The number of para-hydroxylation sites is 1. The minimum Gasteiger partial charge on any atom is -0.481 e. The third-order valence-corrected chi connectivity index (χ3v) is 6.16. The molecule has 5 rings (SSSR count). The van der Waals surface area contributed by atoms with Crippen LogP contribution in [0.1, 0.15) is 28.8 Å². The number of nitrogens with one attached hydrogen (secondary N) is 2. The minimum absolute atomic E-state index is 0.205. The number of hydrogen-bond acceptors (Lipinski definition) is 6. The first-order valence-electron chi connectivity index (χ1n) is 11.5. The van der Waals surface area contributed by atoms with Gasteiger partial charge in [-0.1, -0.05) is 30.3 Å². The Kier molecular flexibility index (Phi) is 6.33. The Bertz CT molecular complexity index is 1630. The number of carbonyl (C=O) groups is 3. The number of rotatable bonds is 9. The average Bonchev–Trinajstić information content (AvgIpc) is 3.54. The summed E-state index contributed by atoms with van der Waals surface area (Å²) in [5.41, 5.74) is 3.97. The Morgan fingerprint density at radius 3 is 2.51 bits per heavy atom. The normalized spacial score (nSPS) is 12.0. The molecule has 2 aromatic heterocycles. The Hall–Kier alpha value is -5.06. The molecule has 4 N–H and O–H groups in total. The molecule has 0 saturated heterocycles. The van der Waals surface area contributed by atoms with E-state index in [1.54, 1.807) is 18.2 Å². The number of aliphatic carboxylic acids is 2. The van der Waals surface area contributed by atoms with Crippen molar-refractivity contribution < 1.29 is 24.6 Å². The predicted molar refractivity (Wildman–Crippen MR) is 134 cm³/mol. The standard InChI is InChI=1S/C26H22N6O5/c33-23(34)11-9-20(26(36)37)27-25(35)17-5-3-4-15(12-17)14-32-21-7-2-1-6-18(21)19-13-16(8-10-22(19)32)24-28-30-31-29-24/h1-8,10,12-13,20H,9,11,14H2,(H,27,35)(H,33,34)(H,36,37)(H,28,29,30,31)/t20-/m0/s1. The average molecular weight is 498 g/mol. The van der Waals surface area contributed by atoms with Crippen molar-refractivity contribution in [3.63, 3.8) is 0 Å². The molecule has 0 saturated carbocycles. The van der Waals surface area contributed by atoms with Gasteiger partial charge >= 0.3 is 11.9 Å².